The van der Waals surface area contributed by atoms with E-state index in [0.29, 0.717) is 12.8 Å². The highest BCUT2D eigenvalue weighted by Crippen LogP contribution is 2.54. The van der Waals surface area contributed by atoms with Crippen molar-refractivity contribution in [3.8, 4) is 0 Å². The Hall–Kier alpha value is -9.07. The van der Waals surface area contributed by atoms with Gasteiger partial charge in [0.1, 0.15) is 30.0 Å². The number of ether oxygens (including phenoxy) is 7. The van der Waals surface area contributed by atoms with Crippen molar-refractivity contribution in [3.05, 3.63) is 158 Å². The maximum atomic E-state index is 13.9. The molecule has 45 nitrogen and oxygen atoms in total. The summed E-state index contributed by atoms with van der Waals surface area (Å²) >= 11 is 3.14. The highest BCUT2D eigenvalue weighted by Gasteiger charge is 2.66. The summed E-state index contributed by atoms with van der Waals surface area (Å²) in [6, 6.07) is 27.6. The van der Waals surface area contributed by atoms with Gasteiger partial charge in [-0.25, -0.2) is 53.5 Å². The normalized spacial score (nSPS) is 23.9. The first-order chi connectivity index (χ1) is 62.5. The number of aromatic nitrogens is 12. The number of hydrogen-bond donors (Lipinski definition) is 12. The minimum Gasteiger partial charge on any atom is -0.424 e. The van der Waals surface area contributed by atoms with Crippen LogP contribution in [-0.4, -0.2) is 234 Å². The van der Waals surface area contributed by atoms with Crippen molar-refractivity contribution in [1.82, 2.24) is 73.8 Å². The lowest BCUT2D eigenvalue weighted by molar-refractivity contribution is -0.120. The molecule has 9 aromatic rings. The Morgan fingerprint density at radius 2 is 0.789 bits per heavy atom. The number of imidazole rings is 3. The summed E-state index contributed by atoms with van der Waals surface area (Å²) in [5.74, 6) is 0.229. The number of thioether (sulfide) groups is 3. The molecule has 0 amide bonds. The number of nitrogens with one attached hydrogen (secondary N) is 6. The fraction of sp³-hybridized carbons (Fsp3) is 0.525. The number of nitrogens with zero attached hydrogens (tertiary/aromatic N) is 9. The van der Waals surface area contributed by atoms with Crippen LogP contribution >= 0.6 is 58.5 Å². The molecular weight excluding hydrogens is 1860 g/mol. The molecule has 14 rings (SSSR count). The Labute approximate surface area is 778 Å². The molecule has 6 aromatic heterocycles. The van der Waals surface area contributed by atoms with E-state index < -0.39 is 147 Å². The standard InChI is InChI=1S/C27H35N6O9PS.C26H33N6O10PS.C26H37N6O8PS.CH4.B2/c1-5-26(2,3)23(35)44-12-11-38-43(37,30-13-16-9-7-6-8-10-16)39-14-17-19-27(4,42-25(36)41-19)22(40-17)33-15-29-18-20(33)31-24(28)32-21(18)34;1-25(2,13-33)22(35)44-10-9-38-43(37,29-11-15-7-5-4-6-8-15)39-12-16-18-26(3,42-24(36)41-18)21(40-16)32-14-28-17-19(32)30-23(27)31-20(17)34;1-5-25(2,3)23(35)42-12-11-38-41(37,29-13-16-9-7-6-8-10-16)39-14-17-19(33)26(4,36)22(40-17)32-15-28-18-20(32)30-24(27)31-21(18)34;;1-2/h6-10,15,17,19,22H,5,11-14H2,1-4H3,(H,30,37)(H3,28,31,32,34);4-8,14,16,18,21,33H,9-13H2,1-3H3,(H,29,37)(H3,27,30,31,34);6-10,15,17,19,22,33,36H,5,11-14H2,1-4H3,(H,29,37)(H3,27,30,31,34);1H4;/t17-,19+,22-,27?,43?;16-,18+,21-,26?,43?;17-,19+,22-,26?,41?;;/m111../s1. The largest absolute Gasteiger partial charge is 0.509 e. The van der Waals surface area contributed by atoms with Crippen molar-refractivity contribution >= 4 is 153 Å². The Morgan fingerprint density at radius 1 is 0.496 bits per heavy atom. The maximum Gasteiger partial charge on any atom is 0.509 e. The predicted molar refractivity (Wildman–Crippen MR) is 494 cm³/mol. The summed E-state index contributed by atoms with van der Waals surface area (Å²) in [7, 11) is -4.00. The maximum absolute atomic E-state index is 13.9. The second-order valence-electron chi connectivity index (χ2n) is 33.0. The number of anilines is 3. The van der Waals surface area contributed by atoms with Crippen LogP contribution in [0.3, 0.4) is 0 Å². The molecule has 0 spiro atoms. The van der Waals surface area contributed by atoms with Gasteiger partial charge in [-0.15, -0.1) is 0 Å². The number of H-pyrrole nitrogens is 3. The number of carbonyl (C=O) groups excluding carboxylic acids is 5. The molecule has 11 heterocycles. The van der Waals surface area contributed by atoms with Crippen molar-refractivity contribution in [2.75, 3.05) is 80.7 Å². The lowest BCUT2D eigenvalue weighted by Crippen LogP contribution is -2.44. The SMILES string of the molecule is C.CC(C)(CO)C(=O)SCCOP(=O)(NCc1ccccc1)OC[C@H]1O[C@@H](n2cnc3c(=O)[nH]c(N)nc32)C2(C)OC(=O)O[C@@H]12.CCC(C)(C)C(=O)SCCOP(=O)(NCc1ccccc1)OC[C@H]1O[C@@H](n2cnc3c(=O)[nH]c(N)nc32)C(C)(O)[C@H]1O.CCC(C)(C)C(=O)SCCOP(=O)(NCc1ccccc1)OC[C@H]1O[C@@H](n2cnc3c(=O)[nH]c(N)nc32)C2(C)OC(=O)O[C@@H]12.[B][B]. The molecule has 3 aromatic carbocycles. The first-order valence-corrected chi connectivity index (χ1v) is 48.9. The van der Waals surface area contributed by atoms with Crippen LogP contribution in [0.2, 0.25) is 0 Å². The number of rotatable bonds is 39. The Kier molecular flexibility index (Phi) is 35.7. The van der Waals surface area contributed by atoms with Crippen molar-refractivity contribution in [1.29, 1.82) is 0 Å². The monoisotopic (exact) mass is 1960 g/mol. The molecule has 15 atom stereocenters. The molecule has 720 valence electrons. The van der Waals surface area contributed by atoms with E-state index in [9.17, 15) is 67.4 Å². The van der Waals surface area contributed by atoms with E-state index in [0.717, 1.165) is 52.0 Å². The van der Waals surface area contributed by atoms with Crippen LogP contribution in [0.15, 0.2) is 124 Å². The molecule has 6 unspecified atom stereocenters. The second kappa shape index (κ2) is 44.8. The molecule has 4 radical (unpaired) electrons. The van der Waals surface area contributed by atoms with E-state index >= 15 is 0 Å². The lowest BCUT2D eigenvalue weighted by Gasteiger charge is -2.27. The van der Waals surface area contributed by atoms with Crippen LogP contribution < -0.4 is 49.1 Å². The van der Waals surface area contributed by atoms with Gasteiger partial charge in [-0.05, 0) is 64.2 Å². The van der Waals surface area contributed by atoms with E-state index in [1.807, 2.05) is 133 Å². The van der Waals surface area contributed by atoms with E-state index in [2.05, 4.69) is 75.6 Å². The third-order valence-electron chi connectivity index (χ3n) is 22.0. The average molecular weight is 1970 g/mol. The lowest BCUT2D eigenvalue weighted by atomic mass is 9.81. The van der Waals surface area contributed by atoms with Crippen LogP contribution in [0, 0.1) is 16.2 Å². The topological polar surface area (TPSA) is 622 Å². The minimum atomic E-state index is -4.03. The third kappa shape index (κ3) is 25.2. The number of nitrogens with two attached hydrogens (primary N) is 3. The Bertz CT molecular complexity index is 5650. The zero-order chi connectivity index (χ0) is 96.1. The molecule has 53 heteroatoms. The van der Waals surface area contributed by atoms with E-state index in [4.69, 9.17) is 77.5 Å². The molecule has 5 saturated heterocycles. The molecular formula is C80H109B2N18O27P3S3. The molecule has 133 heavy (non-hydrogen) atoms. The van der Waals surface area contributed by atoms with Gasteiger partial charge in [-0.2, -0.15) is 15.0 Å². The summed E-state index contributed by atoms with van der Waals surface area (Å²) in [5.41, 5.74) is 11.6. The second-order valence-corrected chi connectivity index (χ2v) is 41.7. The van der Waals surface area contributed by atoms with Crippen molar-refractivity contribution in [2.24, 2.45) is 16.2 Å². The molecule has 0 saturated carbocycles. The number of hydrogen-bond acceptors (Lipinski definition) is 39. The Balaban J connectivity index is 0.000000204. The zero-order valence-corrected chi connectivity index (χ0v) is 78.9. The molecule has 5 fully saturated rings. The smallest absolute Gasteiger partial charge is 0.424 e. The minimum absolute atomic E-state index is 0. The first-order valence-electron chi connectivity index (χ1n) is 41.3. The fourth-order valence-corrected chi connectivity index (χ4v) is 20.6. The number of aliphatic hydroxyl groups excluding tert-OH is 2. The molecule has 15 N–H and O–H groups in total. The number of benzene rings is 3. The average Bonchev–Trinajstić information content (AvgIpc) is 1.57. The number of aliphatic hydroxyl groups is 3. The summed E-state index contributed by atoms with van der Waals surface area (Å²) in [6.07, 6.45) is -6.58. The van der Waals surface area contributed by atoms with Gasteiger partial charge in [0, 0.05) is 63.2 Å². The van der Waals surface area contributed by atoms with Crippen molar-refractivity contribution < 1.29 is 113 Å². The molecule has 5 aliphatic rings. The number of fused-ring (bicyclic) bond motifs is 5. The summed E-state index contributed by atoms with van der Waals surface area (Å²) in [5, 5.41) is 39.8. The summed E-state index contributed by atoms with van der Waals surface area (Å²) < 4.78 is 120. The van der Waals surface area contributed by atoms with Gasteiger partial charge in [0.05, 0.1) is 70.6 Å². The van der Waals surface area contributed by atoms with Gasteiger partial charge < -0.3 is 65.7 Å². The van der Waals surface area contributed by atoms with Gasteiger partial charge in [-0.1, -0.05) is 175 Å². The van der Waals surface area contributed by atoms with E-state index in [1.54, 1.807) is 27.7 Å². The van der Waals surface area contributed by atoms with Gasteiger partial charge in [0.15, 0.2) is 90.9 Å². The Morgan fingerprint density at radius 3 is 1.10 bits per heavy atom. The summed E-state index contributed by atoms with van der Waals surface area (Å²) in [4.78, 5) is 131. The molecule has 0 bridgehead atoms. The number of nitrogen functional groups attached to an aromatic ring is 3. The molecule has 5 aliphatic heterocycles. The zero-order valence-electron chi connectivity index (χ0n) is 73.8. The van der Waals surface area contributed by atoms with Crippen LogP contribution in [0.1, 0.15) is 132 Å². The highest BCUT2D eigenvalue weighted by molar-refractivity contribution is 8.14. The van der Waals surface area contributed by atoms with Gasteiger partial charge >= 0.3 is 35.6 Å². The quantitative estimate of drug-likeness (QED) is 0.00755. The van der Waals surface area contributed by atoms with Crippen LogP contribution in [0.25, 0.3) is 33.5 Å². The van der Waals surface area contributed by atoms with Gasteiger partial charge in [0.25, 0.3) is 16.7 Å². The van der Waals surface area contributed by atoms with Gasteiger partial charge in [0.2, 0.25) is 17.8 Å². The predicted octanol–water partition coefficient (Wildman–Crippen LogP) is 7.84. The highest BCUT2D eigenvalue weighted by atomic mass is 32.2. The van der Waals surface area contributed by atoms with Crippen molar-refractivity contribution in [2.45, 2.75) is 188 Å². The van der Waals surface area contributed by atoms with Crippen LogP contribution in [0.5, 0.6) is 0 Å². The number of carbonyl (C=O) groups is 5. The third-order valence-corrected chi connectivity index (χ3v) is 30.3. The number of aromatic amines is 3. The fourth-order valence-electron chi connectivity index (χ4n) is 13.7. The van der Waals surface area contributed by atoms with E-state index in [1.165, 1.54) is 39.6 Å². The summed E-state index contributed by atoms with van der Waals surface area (Å²) in [6.45, 7) is 18.0. The van der Waals surface area contributed by atoms with Crippen LogP contribution in [-0.2, 0) is 108 Å². The van der Waals surface area contributed by atoms with Crippen LogP contribution in [0.4, 0.5) is 27.4 Å². The first kappa shape index (κ1) is 106. The molecule has 0 aliphatic carbocycles. The van der Waals surface area contributed by atoms with E-state index in [-0.39, 0.29) is 151 Å². The van der Waals surface area contributed by atoms with Gasteiger partial charge in [-0.3, -0.25) is 84.6 Å². The van der Waals surface area contributed by atoms with Crippen molar-refractivity contribution in [3.63, 3.8) is 0 Å².